The van der Waals surface area contributed by atoms with Crippen molar-refractivity contribution in [1.29, 1.82) is 0 Å². The van der Waals surface area contributed by atoms with Gasteiger partial charge in [0.2, 0.25) is 5.75 Å². The van der Waals surface area contributed by atoms with Gasteiger partial charge in [-0.3, -0.25) is 4.90 Å². The third-order valence-corrected chi connectivity index (χ3v) is 7.17. The third-order valence-electron chi connectivity index (χ3n) is 6.08. The van der Waals surface area contributed by atoms with Crippen LogP contribution in [0.3, 0.4) is 0 Å². The molecule has 176 valence electrons. The SMILES string of the molecule is COc1cc(CN2CCC[C@H](c3nnc(SCc4ccccc4)n3C)C2)cc(OC)c1OC. The minimum absolute atomic E-state index is 0.365. The molecule has 1 fully saturated rings. The number of nitrogens with zero attached hydrogens (tertiary/aromatic N) is 4. The van der Waals surface area contributed by atoms with Gasteiger partial charge < -0.3 is 18.8 Å². The van der Waals surface area contributed by atoms with Gasteiger partial charge in [-0.15, -0.1) is 10.2 Å². The summed E-state index contributed by atoms with van der Waals surface area (Å²) in [5.41, 5.74) is 2.43. The van der Waals surface area contributed by atoms with E-state index in [1.807, 2.05) is 18.2 Å². The van der Waals surface area contributed by atoms with E-state index < -0.39 is 0 Å². The summed E-state index contributed by atoms with van der Waals surface area (Å²) in [6.07, 6.45) is 2.26. The van der Waals surface area contributed by atoms with Crippen molar-refractivity contribution in [1.82, 2.24) is 19.7 Å². The fraction of sp³-hybridized carbons (Fsp3) is 0.440. The quantitative estimate of drug-likeness (QED) is 0.428. The Balaban J connectivity index is 1.43. The Morgan fingerprint density at radius 1 is 0.970 bits per heavy atom. The van der Waals surface area contributed by atoms with E-state index in [1.54, 1.807) is 33.1 Å². The number of benzene rings is 2. The molecule has 1 atom stereocenters. The monoisotopic (exact) mass is 468 g/mol. The molecule has 3 aromatic rings. The van der Waals surface area contributed by atoms with E-state index in [1.165, 1.54) is 5.56 Å². The van der Waals surface area contributed by atoms with Crippen LogP contribution in [0, 0.1) is 0 Å². The Labute approximate surface area is 200 Å². The summed E-state index contributed by atoms with van der Waals surface area (Å²) in [5, 5.41) is 10.0. The van der Waals surface area contributed by atoms with Crippen LogP contribution in [0.15, 0.2) is 47.6 Å². The lowest BCUT2D eigenvalue weighted by atomic mass is 9.96. The molecule has 0 unspecified atom stereocenters. The highest BCUT2D eigenvalue weighted by Crippen LogP contribution is 2.39. The molecule has 1 aliphatic rings. The van der Waals surface area contributed by atoms with Crippen molar-refractivity contribution >= 4 is 11.8 Å². The van der Waals surface area contributed by atoms with E-state index in [0.717, 1.165) is 54.8 Å². The third kappa shape index (κ3) is 5.45. The highest BCUT2D eigenvalue weighted by Gasteiger charge is 2.26. The maximum absolute atomic E-state index is 5.52. The average molecular weight is 469 g/mol. The van der Waals surface area contributed by atoms with E-state index in [2.05, 4.69) is 51.0 Å². The van der Waals surface area contributed by atoms with Crippen LogP contribution in [-0.2, 0) is 19.3 Å². The van der Waals surface area contributed by atoms with E-state index in [9.17, 15) is 0 Å². The second-order valence-electron chi connectivity index (χ2n) is 8.28. The number of ether oxygens (including phenoxy) is 3. The second-order valence-corrected chi connectivity index (χ2v) is 9.22. The summed E-state index contributed by atoms with van der Waals surface area (Å²) < 4.78 is 18.7. The zero-order valence-corrected chi connectivity index (χ0v) is 20.6. The first kappa shape index (κ1) is 23.4. The Bertz CT molecular complexity index is 1030. The van der Waals surface area contributed by atoms with E-state index in [4.69, 9.17) is 14.2 Å². The summed E-state index contributed by atoms with van der Waals surface area (Å²) in [5.74, 6) is 4.33. The van der Waals surface area contributed by atoms with Crippen molar-refractivity contribution in [2.24, 2.45) is 7.05 Å². The number of likely N-dealkylation sites (tertiary alicyclic amines) is 1. The van der Waals surface area contributed by atoms with Crippen molar-refractivity contribution in [3.63, 3.8) is 0 Å². The molecule has 1 saturated heterocycles. The summed E-state index contributed by atoms with van der Waals surface area (Å²) in [6.45, 7) is 2.83. The van der Waals surface area contributed by atoms with Gasteiger partial charge >= 0.3 is 0 Å². The van der Waals surface area contributed by atoms with Crippen LogP contribution in [0.4, 0.5) is 0 Å². The summed E-state index contributed by atoms with van der Waals surface area (Å²) in [6, 6.07) is 14.5. The summed E-state index contributed by atoms with van der Waals surface area (Å²) >= 11 is 1.74. The standard InChI is InChI=1S/C25H32N4O3S/c1-28-24(26-27-25(28)33-17-18-9-6-5-7-10-18)20-11-8-12-29(16-20)15-19-13-21(30-2)23(32-4)22(14-19)31-3/h5-7,9-10,13-14,20H,8,11-12,15-17H2,1-4H3/t20-/m0/s1. The number of hydrogen-bond acceptors (Lipinski definition) is 7. The Morgan fingerprint density at radius 3 is 2.36 bits per heavy atom. The molecule has 0 N–H and O–H groups in total. The lowest BCUT2D eigenvalue weighted by Gasteiger charge is -2.32. The molecule has 33 heavy (non-hydrogen) atoms. The lowest BCUT2D eigenvalue weighted by molar-refractivity contribution is 0.194. The van der Waals surface area contributed by atoms with Crippen LogP contribution in [-0.4, -0.2) is 54.1 Å². The fourth-order valence-electron chi connectivity index (χ4n) is 4.42. The van der Waals surface area contributed by atoms with Gasteiger partial charge in [-0.1, -0.05) is 42.1 Å². The number of hydrogen-bond donors (Lipinski definition) is 0. The van der Waals surface area contributed by atoms with Gasteiger partial charge in [0.05, 0.1) is 21.3 Å². The predicted octanol–water partition coefficient (Wildman–Crippen LogP) is 4.51. The Hall–Kier alpha value is -2.71. The van der Waals surface area contributed by atoms with Gasteiger partial charge in [0.1, 0.15) is 5.82 Å². The van der Waals surface area contributed by atoms with Crippen LogP contribution >= 0.6 is 11.8 Å². The predicted molar refractivity (Wildman–Crippen MR) is 130 cm³/mol. The van der Waals surface area contributed by atoms with Gasteiger partial charge in [0, 0.05) is 31.8 Å². The minimum Gasteiger partial charge on any atom is -0.493 e. The van der Waals surface area contributed by atoms with Crippen molar-refractivity contribution in [3.05, 3.63) is 59.4 Å². The molecular formula is C25H32N4O3S. The average Bonchev–Trinajstić information content (AvgIpc) is 3.23. The van der Waals surface area contributed by atoms with Crippen LogP contribution in [0.25, 0.3) is 0 Å². The number of thioether (sulfide) groups is 1. The van der Waals surface area contributed by atoms with Crippen molar-refractivity contribution in [2.75, 3.05) is 34.4 Å². The zero-order valence-electron chi connectivity index (χ0n) is 19.8. The highest BCUT2D eigenvalue weighted by atomic mass is 32.2. The maximum Gasteiger partial charge on any atom is 0.203 e. The number of piperidine rings is 1. The summed E-state index contributed by atoms with van der Waals surface area (Å²) in [4.78, 5) is 2.47. The first-order valence-corrected chi connectivity index (χ1v) is 12.2. The molecule has 1 aliphatic heterocycles. The first-order valence-electron chi connectivity index (χ1n) is 11.2. The number of aromatic nitrogens is 3. The molecule has 7 nitrogen and oxygen atoms in total. The van der Waals surface area contributed by atoms with Crippen LogP contribution < -0.4 is 14.2 Å². The molecular weight excluding hydrogens is 436 g/mol. The van der Waals surface area contributed by atoms with Gasteiger partial charge in [0.25, 0.3) is 0 Å². The Kier molecular flexibility index (Phi) is 7.77. The largest absolute Gasteiger partial charge is 0.493 e. The molecule has 0 amide bonds. The van der Waals surface area contributed by atoms with Gasteiger partial charge in [-0.2, -0.15) is 0 Å². The minimum atomic E-state index is 0.365. The second kappa shape index (κ2) is 10.9. The van der Waals surface area contributed by atoms with Gasteiger partial charge in [-0.25, -0.2) is 0 Å². The molecule has 0 aliphatic carbocycles. The van der Waals surface area contributed by atoms with Crippen molar-refractivity contribution in [3.8, 4) is 17.2 Å². The molecule has 4 rings (SSSR count). The van der Waals surface area contributed by atoms with E-state index in [0.29, 0.717) is 23.2 Å². The number of rotatable bonds is 9. The number of methoxy groups -OCH3 is 3. The fourth-order valence-corrected chi connectivity index (χ4v) is 5.30. The van der Waals surface area contributed by atoms with Crippen molar-refractivity contribution in [2.45, 2.75) is 36.2 Å². The first-order chi connectivity index (χ1) is 16.1. The maximum atomic E-state index is 5.52. The molecule has 0 saturated carbocycles. The molecule has 2 heterocycles. The molecule has 2 aromatic carbocycles. The normalized spacial score (nSPS) is 16.5. The van der Waals surface area contributed by atoms with Crippen LogP contribution in [0.1, 0.15) is 35.7 Å². The zero-order chi connectivity index (χ0) is 23.2. The van der Waals surface area contributed by atoms with E-state index in [-0.39, 0.29) is 0 Å². The van der Waals surface area contributed by atoms with Gasteiger partial charge in [-0.05, 0) is 42.6 Å². The van der Waals surface area contributed by atoms with Crippen molar-refractivity contribution < 1.29 is 14.2 Å². The molecule has 8 heteroatoms. The molecule has 0 radical (unpaired) electrons. The highest BCUT2D eigenvalue weighted by molar-refractivity contribution is 7.98. The Morgan fingerprint density at radius 2 is 1.70 bits per heavy atom. The molecule has 0 bridgehead atoms. The smallest absolute Gasteiger partial charge is 0.203 e. The summed E-state index contributed by atoms with van der Waals surface area (Å²) in [7, 11) is 7.02. The van der Waals surface area contributed by atoms with Crippen LogP contribution in [0.2, 0.25) is 0 Å². The lowest BCUT2D eigenvalue weighted by Crippen LogP contribution is -2.34. The molecule has 1 aromatic heterocycles. The topological polar surface area (TPSA) is 61.6 Å². The van der Waals surface area contributed by atoms with Gasteiger partial charge in [0.15, 0.2) is 16.7 Å². The van der Waals surface area contributed by atoms with E-state index >= 15 is 0 Å². The molecule has 0 spiro atoms. The van der Waals surface area contributed by atoms with Crippen LogP contribution in [0.5, 0.6) is 17.2 Å².